The average Bonchev–Trinajstić information content (AvgIpc) is 2.27. The number of rotatable bonds is 2. The van der Waals surface area contributed by atoms with Crippen LogP contribution in [0.2, 0.25) is 0 Å². The molecule has 2 unspecified atom stereocenters. The molecular weight excluding hydrogens is 226 g/mol. The van der Waals surface area contributed by atoms with Crippen LogP contribution >= 0.6 is 0 Å². The van der Waals surface area contributed by atoms with Crippen molar-refractivity contribution in [3.63, 3.8) is 0 Å². The second kappa shape index (κ2) is 4.06. The Labute approximate surface area is 96.5 Å². The summed E-state index contributed by atoms with van der Waals surface area (Å²) in [5.74, 6) is -2.29. The van der Waals surface area contributed by atoms with Crippen LogP contribution in [0.4, 0.5) is 0 Å². The van der Waals surface area contributed by atoms with E-state index in [1.165, 1.54) is 12.1 Å². The average molecular weight is 237 g/mol. The van der Waals surface area contributed by atoms with E-state index in [9.17, 15) is 14.7 Å². The van der Waals surface area contributed by atoms with Gasteiger partial charge in [-0.3, -0.25) is 14.9 Å². The van der Waals surface area contributed by atoms with E-state index in [-0.39, 0.29) is 12.2 Å². The van der Waals surface area contributed by atoms with E-state index in [4.69, 9.17) is 10.2 Å². The third kappa shape index (κ3) is 2.07. The van der Waals surface area contributed by atoms with Crippen molar-refractivity contribution in [1.82, 2.24) is 5.32 Å². The number of aromatic hydroxyl groups is 1. The van der Waals surface area contributed by atoms with Crippen molar-refractivity contribution in [2.45, 2.75) is 18.5 Å². The summed E-state index contributed by atoms with van der Waals surface area (Å²) in [5, 5.41) is 29.8. The summed E-state index contributed by atoms with van der Waals surface area (Å²) in [6.45, 7) is 0. The normalized spacial score (nSPS) is 22.8. The van der Waals surface area contributed by atoms with Gasteiger partial charge in [0.2, 0.25) is 0 Å². The lowest BCUT2D eigenvalue weighted by Crippen LogP contribution is -2.47. The molecule has 0 amide bonds. The number of carboxylic acids is 2. The lowest BCUT2D eigenvalue weighted by Gasteiger charge is -2.28. The van der Waals surface area contributed by atoms with Gasteiger partial charge in [-0.15, -0.1) is 0 Å². The minimum absolute atomic E-state index is 0.0365. The molecule has 1 aliphatic heterocycles. The Morgan fingerprint density at radius 1 is 1.24 bits per heavy atom. The molecule has 17 heavy (non-hydrogen) atoms. The first kappa shape index (κ1) is 11.4. The number of carboxylic acid groups (broad SMARTS) is 2. The van der Waals surface area contributed by atoms with Gasteiger partial charge in [-0.05, 0) is 29.7 Å². The highest BCUT2D eigenvalue weighted by atomic mass is 16.4. The Morgan fingerprint density at radius 2 is 1.94 bits per heavy atom. The Balaban J connectivity index is 2.45. The van der Waals surface area contributed by atoms with Gasteiger partial charge in [0.15, 0.2) is 0 Å². The monoisotopic (exact) mass is 237 g/mol. The minimum Gasteiger partial charge on any atom is -0.508 e. The van der Waals surface area contributed by atoms with Crippen LogP contribution in [0, 0.1) is 0 Å². The molecule has 90 valence electrons. The highest BCUT2D eigenvalue weighted by Gasteiger charge is 2.34. The third-order valence-corrected chi connectivity index (χ3v) is 2.78. The molecule has 0 saturated heterocycles. The first-order valence-corrected chi connectivity index (χ1v) is 5.02. The molecule has 0 aliphatic carbocycles. The first-order chi connectivity index (χ1) is 7.99. The topological polar surface area (TPSA) is 107 Å². The van der Waals surface area contributed by atoms with Crippen molar-refractivity contribution in [1.29, 1.82) is 0 Å². The van der Waals surface area contributed by atoms with Gasteiger partial charge >= 0.3 is 11.9 Å². The van der Waals surface area contributed by atoms with E-state index >= 15 is 0 Å². The summed E-state index contributed by atoms with van der Waals surface area (Å²) in [4.78, 5) is 22.0. The lowest BCUT2D eigenvalue weighted by atomic mass is 9.90. The molecule has 6 nitrogen and oxygen atoms in total. The van der Waals surface area contributed by atoms with Gasteiger partial charge < -0.3 is 15.3 Å². The van der Waals surface area contributed by atoms with Gasteiger partial charge in [0, 0.05) is 0 Å². The molecule has 0 spiro atoms. The molecular formula is C11H11NO5. The second-order valence-corrected chi connectivity index (χ2v) is 3.92. The molecule has 6 heteroatoms. The summed E-state index contributed by atoms with van der Waals surface area (Å²) in [7, 11) is 0. The van der Waals surface area contributed by atoms with Crippen molar-refractivity contribution < 1.29 is 24.9 Å². The smallest absolute Gasteiger partial charge is 0.325 e. The van der Waals surface area contributed by atoms with E-state index in [1.807, 2.05) is 0 Å². The van der Waals surface area contributed by atoms with Crippen molar-refractivity contribution in [2.75, 3.05) is 0 Å². The standard InChI is InChI=1S/C11H11NO5/c13-6-2-1-5-3-8(10(14)15)12-9(11(16)17)7(5)4-6/h1-2,4,8-9,12-13H,3H2,(H,14,15)(H,16,17). The molecule has 1 heterocycles. The number of phenolic OH excluding ortho intramolecular Hbond substituents is 1. The largest absolute Gasteiger partial charge is 0.508 e. The molecule has 0 radical (unpaired) electrons. The third-order valence-electron chi connectivity index (χ3n) is 2.78. The Morgan fingerprint density at radius 3 is 2.53 bits per heavy atom. The van der Waals surface area contributed by atoms with Gasteiger partial charge in [-0.2, -0.15) is 0 Å². The van der Waals surface area contributed by atoms with E-state index < -0.39 is 24.0 Å². The van der Waals surface area contributed by atoms with Crippen LogP contribution in [0.1, 0.15) is 17.2 Å². The van der Waals surface area contributed by atoms with Gasteiger partial charge in [0.05, 0.1) is 0 Å². The minimum atomic E-state index is -1.16. The van der Waals surface area contributed by atoms with Crippen LogP contribution in [-0.4, -0.2) is 33.3 Å². The number of fused-ring (bicyclic) bond motifs is 1. The summed E-state index contributed by atoms with van der Waals surface area (Å²) in [6, 6.07) is 2.29. The maximum absolute atomic E-state index is 11.1. The number of carbonyl (C=O) groups is 2. The van der Waals surface area contributed by atoms with Crippen LogP contribution in [0.25, 0.3) is 0 Å². The second-order valence-electron chi connectivity index (χ2n) is 3.92. The van der Waals surface area contributed by atoms with E-state index in [0.29, 0.717) is 11.1 Å². The number of nitrogens with one attached hydrogen (secondary N) is 1. The molecule has 1 aromatic rings. The van der Waals surface area contributed by atoms with Gasteiger partial charge in [-0.25, -0.2) is 0 Å². The molecule has 0 fully saturated rings. The fourth-order valence-corrected chi connectivity index (χ4v) is 1.97. The van der Waals surface area contributed by atoms with Crippen LogP contribution < -0.4 is 5.32 Å². The van der Waals surface area contributed by atoms with Crippen molar-refractivity contribution in [3.05, 3.63) is 29.3 Å². The fraction of sp³-hybridized carbons (Fsp3) is 0.273. The molecule has 0 saturated carbocycles. The van der Waals surface area contributed by atoms with Crippen molar-refractivity contribution in [3.8, 4) is 5.75 Å². The highest BCUT2D eigenvalue weighted by Crippen LogP contribution is 2.28. The van der Waals surface area contributed by atoms with Gasteiger partial charge in [-0.1, -0.05) is 6.07 Å². The molecule has 0 bridgehead atoms. The SMILES string of the molecule is O=C(O)C1Cc2ccc(O)cc2C(C(=O)O)N1. The summed E-state index contributed by atoms with van der Waals surface area (Å²) in [5.41, 5.74) is 1.04. The Kier molecular flexibility index (Phi) is 2.72. The molecule has 4 N–H and O–H groups in total. The van der Waals surface area contributed by atoms with Gasteiger partial charge in [0.1, 0.15) is 17.8 Å². The first-order valence-electron chi connectivity index (χ1n) is 5.02. The maximum atomic E-state index is 11.1. The van der Waals surface area contributed by atoms with Crippen molar-refractivity contribution >= 4 is 11.9 Å². The van der Waals surface area contributed by atoms with E-state index in [2.05, 4.69) is 5.32 Å². The quantitative estimate of drug-likeness (QED) is 0.582. The van der Waals surface area contributed by atoms with Crippen molar-refractivity contribution in [2.24, 2.45) is 0 Å². The predicted molar refractivity (Wildman–Crippen MR) is 56.7 cm³/mol. The zero-order chi connectivity index (χ0) is 12.6. The van der Waals surface area contributed by atoms with Crippen LogP contribution in [0.15, 0.2) is 18.2 Å². The van der Waals surface area contributed by atoms with Crippen LogP contribution in [-0.2, 0) is 16.0 Å². The summed E-state index contributed by atoms with van der Waals surface area (Å²) >= 11 is 0. The summed E-state index contributed by atoms with van der Waals surface area (Å²) in [6.07, 6.45) is 0.203. The zero-order valence-electron chi connectivity index (χ0n) is 8.75. The molecule has 1 aliphatic rings. The number of hydrogen-bond donors (Lipinski definition) is 4. The molecule has 0 aromatic heterocycles. The Hall–Kier alpha value is -2.08. The summed E-state index contributed by atoms with van der Waals surface area (Å²) < 4.78 is 0. The number of benzene rings is 1. The van der Waals surface area contributed by atoms with E-state index in [1.54, 1.807) is 6.07 Å². The van der Waals surface area contributed by atoms with Gasteiger partial charge in [0.25, 0.3) is 0 Å². The van der Waals surface area contributed by atoms with Crippen LogP contribution in [0.5, 0.6) is 5.75 Å². The van der Waals surface area contributed by atoms with E-state index in [0.717, 1.165) is 0 Å². The van der Waals surface area contributed by atoms with Crippen LogP contribution in [0.3, 0.4) is 0 Å². The Bertz CT molecular complexity index is 485. The zero-order valence-corrected chi connectivity index (χ0v) is 8.75. The predicted octanol–water partition coefficient (Wildman–Crippen LogP) is 0.117. The number of hydrogen-bond acceptors (Lipinski definition) is 4. The molecule has 1 aromatic carbocycles. The number of phenols is 1. The molecule has 2 rings (SSSR count). The maximum Gasteiger partial charge on any atom is 0.325 e. The lowest BCUT2D eigenvalue weighted by molar-refractivity contribution is -0.143. The number of aliphatic carboxylic acids is 2. The highest BCUT2D eigenvalue weighted by molar-refractivity contribution is 5.81. The fourth-order valence-electron chi connectivity index (χ4n) is 1.97. The molecule has 2 atom stereocenters.